The molecule has 0 atom stereocenters. The number of hydrogen-bond acceptors (Lipinski definition) is 4. The maximum absolute atomic E-state index is 13.5. The van der Waals surface area contributed by atoms with Crippen LogP contribution < -0.4 is 16.2 Å². The van der Waals surface area contributed by atoms with E-state index in [1.807, 2.05) is 18.2 Å². The highest BCUT2D eigenvalue weighted by atomic mass is 19.2. The maximum Gasteiger partial charge on any atom is 0.263 e. The highest BCUT2D eigenvalue weighted by Crippen LogP contribution is 2.37. The summed E-state index contributed by atoms with van der Waals surface area (Å²) in [6.07, 6.45) is 6.64. The second kappa shape index (κ2) is 11.4. The second-order valence-electron chi connectivity index (χ2n) is 9.88. The molecule has 3 heterocycles. The third kappa shape index (κ3) is 5.62. The lowest BCUT2D eigenvalue weighted by atomic mass is 9.93. The van der Waals surface area contributed by atoms with Gasteiger partial charge in [0, 0.05) is 42.7 Å². The van der Waals surface area contributed by atoms with Crippen LogP contribution in [0.4, 0.5) is 18.9 Å². The molecule has 2 aliphatic heterocycles. The van der Waals surface area contributed by atoms with Gasteiger partial charge in [-0.2, -0.15) is 0 Å². The number of nitrogens with zero attached hydrogens (tertiary/aromatic N) is 2. The molecule has 0 bridgehead atoms. The van der Waals surface area contributed by atoms with E-state index in [-0.39, 0.29) is 30.1 Å². The molecule has 2 aliphatic rings. The third-order valence-electron chi connectivity index (χ3n) is 7.08. The first kappa shape index (κ1) is 27.1. The Morgan fingerprint density at radius 3 is 2.50 bits per heavy atom. The maximum atomic E-state index is 13.5. The van der Waals surface area contributed by atoms with E-state index in [4.69, 9.17) is 0 Å². The molecule has 0 saturated carbocycles. The lowest BCUT2D eigenvalue weighted by molar-refractivity contribution is -0.110. The van der Waals surface area contributed by atoms with Gasteiger partial charge in [-0.1, -0.05) is 29.9 Å². The van der Waals surface area contributed by atoms with Crippen molar-refractivity contribution in [2.45, 2.75) is 19.4 Å². The molecule has 1 fully saturated rings. The van der Waals surface area contributed by atoms with Crippen LogP contribution in [0.2, 0.25) is 0 Å². The van der Waals surface area contributed by atoms with Crippen LogP contribution in [0.5, 0.6) is 0 Å². The monoisotopic (exact) mass is 548 g/mol. The number of pyridine rings is 1. The van der Waals surface area contributed by atoms with Gasteiger partial charge in [-0.3, -0.25) is 14.4 Å². The summed E-state index contributed by atoms with van der Waals surface area (Å²) in [5, 5.41) is 5.60. The predicted octanol–water partition coefficient (Wildman–Crippen LogP) is 4.19. The molecule has 206 valence electrons. The van der Waals surface area contributed by atoms with Crippen LogP contribution in [-0.2, 0) is 11.3 Å². The van der Waals surface area contributed by atoms with E-state index < -0.39 is 28.9 Å². The summed E-state index contributed by atoms with van der Waals surface area (Å²) in [4.78, 5) is 40.3. The quantitative estimate of drug-likeness (QED) is 0.358. The van der Waals surface area contributed by atoms with E-state index in [2.05, 4.69) is 22.6 Å². The largest absolute Gasteiger partial charge is 0.348 e. The zero-order valence-corrected chi connectivity index (χ0v) is 21.8. The Morgan fingerprint density at radius 2 is 1.77 bits per heavy atom. The van der Waals surface area contributed by atoms with Crippen LogP contribution in [0.1, 0.15) is 39.9 Å². The Balaban J connectivity index is 1.23. The molecule has 40 heavy (non-hydrogen) atoms. The van der Waals surface area contributed by atoms with Gasteiger partial charge in [0.1, 0.15) is 5.56 Å². The fourth-order valence-electron chi connectivity index (χ4n) is 4.96. The standard InChI is InChI=1S/C30H27F3N4O3/c1-36-12-8-20(9-13-36)26-21-7-6-18(16-25(21)35-29(26)39)4-2-10-34-28(38)22-5-3-11-37(30(22)40)17-19-14-23(31)27(33)24(32)15-19/h2-7,11,14-16H,8-10,12-13,17H2,1H3,(H,34,38)(H,35,39). The molecule has 2 N–H and O–H groups in total. The van der Waals surface area contributed by atoms with E-state index in [1.165, 1.54) is 23.9 Å². The fourth-order valence-corrected chi connectivity index (χ4v) is 4.96. The Morgan fingerprint density at radius 1 is 1.05 bits per heavy atom. The van der Waals surface area contributed by atoms with Gasteiger partial charge in [0.25, 0.3) is 17.4 Å². The summed E-state index contributed by atoms with van der Waals surface area (Å²) in [7, 11) is 2.07. The van der Waals surface area contributed by atoms with Crippen LogP contribution in [0.25, 0.3) is 11.6 Å². The van der Waals surface area contributed by atoms with Gasteiger partial charge >= 0.3 is 0 Å². The summed E-state index contributed by atoms with van der Waals surface area (Å²) >= 11 is 0. The number of likely N-dealkylation sites (tertiary alicyclic amines) is 1. The molecule has 10 heteroatoms. The van der Waals surface area contributed by atoms with Crippen LogP contribution in [0.15, 0.2) is 65.1 Å². The topological polar surface area (TPSA) is 83.4 Å². The number of aromatic nitrogens is 1. The van der Waals surface area contributed by atoms with Crippen LogP contribution in [0, 0.1) is 17.5 Å². The number of rotatable bonds is 6. The number of anilines is 1. The molecule has 0 aliphatic carbocycles. The third-order valence-corrected chi connectivity index (χ3v) is 7.08. The van der Waals surface area contributed by atoms with Crippen LogP contribution in [0.3, 0.4) is 0 Å². The van der Waals surface area contributed by atoms with Crippen molar-refractivity contribution in [2.75, 3.05) is 32.0 Å². The summed E-state index contributed by atoms with van der Waals surface area (Å²) < 4.78 is 41.4. The van der Waals surface area contributed by atoms with Crippen molar-refractivity contribution < 1.29 is 22.8 Å². The highest BCUT2D eigenvalue weighted by Gasteiger charge is 2.28. The molecule has 2 amide bonds. The first-order chi connectivity index (χ1) is 19.2. The van der Waals surface area contributed by atoms with Crippen molar-refractivity contribution in [3.05, 3.63) is 110 Å². The number of carbonyl (C=O) groups excluding carboxylic acids is 2. The number of nitrogens with one attached hydrogen (secondary N) is 2. The Kier molecular flexibility index (Phi) is 7.70. The van der Waals surface area contributed by atoms with E-state index in [0.717, 1.165) is 65.0 Å². The van der Waals surface area contributed by atoms with Gasteiger partial charge in [0.15, 0.2) is 17.5 Å². The average Bonchev–Trinajstić information content (AvgIpc) is 3.26. The first-order valence-electron chi connectivity index (χ1n) is 12.8. The molecule has 5 rings (SSSR count). The smallest absolute Gasteiger partial charge is 0.263 e. The fraction of sp³-hybridized carbons (Fsp3) is 0.233. The molecule has 7 nitrogen and oxygen atoms in total. The summed E-state index contributed by atoms with van der Waals surface area (Å²) in [5.41, 5.74) is 3.69. The number of carbonyl (C=O) groups is 2. The van der Waals surface area contributed by atoms with E-state index in [0.29, 0.717) is 0 Å². The van der Waals surface area contributed by atoms with Gasteiger partial charge in [-0.15, -0.1) is 0 Å². The van der Waals surface area contributed by atoms with Crippen molar-refractivity contribution in [1.82, 2.24) is 14.8 Å². The number of halogens is 3. The Hall–Kier alpha value is -4.44. The van der Waals surface area contributed by atoms with Gasteiger partial charge in [0.2, 0.25) is 0 Å². The van der Waals surface area contributed by atoms with Crippen molar-refractivity contribution in [1.29, 1.82) is 0 Å². The molecular formula is C30H27F3N4O3. The predicted molar refractivity (Wildman–Crippen MR) is 146 cm³/mol. The van der Waals surface area contributed by atoms with Gasteiger partial charge in [0.05, 0.1) is 6.54 Å². The molecule has 3 aromatic rings. The van der Waals surface area contributed by atoms with Crippen LogP contribution in [-0.4, -0.2) is 48.0 Å². The van der Waals surface area contributed by atoms with Crippen molar-refractivity contribution >= 4 is 29.2 Å². The molecule has 1 saturated heterocycles. The summed E-state index contributed by atoms with van der Waals surface area (Å²) in [6, 6.07) is 10.1. The van der Waals surface area contributed by atoms with E-state index in [1.54, 1.807) is 12.2 Å². The minimum atomic E-state index is -1.59. The summed E-state index contributed by atoms with van der Waals surface area (Å²) in [6.45, 7) is 1.75. The zero-order chi connectivity index (χ0) is 28.4. The van der Waals surface area contributed by atoms with Gasteiger partial charge in [-0.25, -0.2) is 13.2 Å². The van der Waals surface area contributed by atoms with E-state index in [9.17, 15) is 27.6 Å². The molecule has 0 unspecified atom stereocenters. The number of piperidine rings is 1. The van der Waals surface area contributed by atoms with Crippen molar-refractivity contribution in [3.8, 4) is 0 Å². The zero-order valence-electron chi connectivity index (χ0n) is 21.8. The number of fused-ring (bicyclic) bond motifs is 1. The average molecular weight is 549 g/mol. The lowest BCUT2D eigenvalue weighted by Gasteiger charge is -2.25. The minimum absolute atomic E-state index is 0.0409. The lowest BCUT2D eigenvalue weighted by Crippen LogP contribution is -2.33. The Labute approximate surface area is 228 Å². The molecule has 0 radical (unpaired) electrons. The van der Waals surface area contributed by atoms with Gasteiger partial charge < -0.3 is 20.1 Å². The number of amides is 2. The second-order valence-corrected chi connectivity index (χ2v) is 9.88. The van der Waals surface area contributed by atoms with Crippen LogP contribution >= 0.6 is 0 Å². The van der Waals surface area contributed by atoms with Crippen molar-refractivity contribution in [3.63, 3.8) is 0 Å². The SMILES string of the molecule is CN1CCC(=C2C(=O)Nc3cc(C=CCNC(=O)c4cccn(Cc5cc(F)c(F)c(F)c5)c4=O)ccc32)CC1. The number of benzene rings is 2. The highest BCUT2D eigenvalue weighted by molar-refractivity contribution is 6.32. The molecule has 2 aromatic carbocycles. The van der Waals surface area contributed by atoms with E-state index >= 15 is 0 Å². The minimum Gasteiger partial charge on any atom is -0.348 e. The Bertz CT molecular complexity index is 1590. The summed E-state index contributed by atoms with van der Waals surface area (Å²) in [5.74, 6) is -4.99. The van der Waals surface area contributed by atoms with Crippen molar-refractivity contribution in [2.24, 2.45) is 0 Å². The molecule has 0 spiro atoms. The normalized spacial score (nSPS) is 15.4. The molecule has 1 aromatic heterocycles. The molecular weight excluding hydrogens is 521 g/mol. The van der Waals surface area contributed by atoms with Gasteiger partial charge in [-0.05, 0) is 61.3 Å². The number of hydrogen-bond donors (Lipinski definition) is 2. The first-order valence-corrected chi connectivity index (χ1v) is 12.8.